The van der Waals surface area contributed by atoms with Crippen LogP contribution in [0.3, 0.4) is 0 Å². The van der Waals surface area contributed by atoms with E-state index in [2.05, 4.69) is 58.7 Å². The number of guanidine groups is 1. The number of aromatic nitrogens is 1. The Morgan fingerprint density at radius 1 is 1.00 bits per heavy atom. The normalized spacial score (nSPS) is 11.6. The molecule has 0 bridgehead atoms. The van der Waals surface area contributed by atoms with E-state index in [1.165, 1.54) is 11.1 Å². The lowest BCUT2D eigenvalue weighted by Crippen LogP contribution is -2.38. The smallest absolute Gasteiger partial charge is 0.190 e. The van der Waals surface area contributed by atoms with E-state index in [1.807, 2.05) is 24.4 Å². The largest absolute Gasteiger partial charge is 0.356 e. The van der Waals surface area contributed by atoms with E-state index in [0.29, 0.717) is 5.92 Å². The molecule has 2 aromatic rings. The summed E-state index contributed by atoms with van der Waals surface area (Å²) in [5.41, 5.74) is 3.89. The van der Waals surface area contributed by atoms with Crippen LogP contribution in [-0.2, 0) is 12.8 Å². The number of nitrogens with one attached hydrogen (secondary N) is 2. The molecule has 134 valence electrons. The molecule has 25 heavy (non-hydrogen) atoms. The van der Waals surface area contributed by atoms with Crippen LogP contribution in [0, 0.1) is 0 Å². The minimum atomic E-state index is 0.594. The van der Waals surface area contributed by atoms with Crippen LogP contribution in [0.5, 0.6) is 0 Å². The summed E-state index contributed by atoms with van der Waals surface area (Å²) >= 11 is 0. The molecule has 0 atom stereocenters. The summed E-state index contributed by atoms with van der Waals surface area (Å²) in [6.07, 6.45) is 4.89. The monoisotopic (exact) mass is 338 g/mol. The van der Waals surface area contributed by atoms with Gasteiger partial charge in [0.1, 0.15) is 0 Å². The van der Waals surface area contributed by atoms with Crippen molar-refractivity contribution in [3.63, 3.8) is 0 Å². The van der Waals surface area contributed by atoms with Crippen LogP contribution in [0.25, 0.3) is 0 Å². The highest BCUT2D eigenvalue weighted by molar-refractivity contribution is 5.79. The first-order chi connectivity index (χ1) is 12.2. The lowest BCUT2D eigenvalue weighted by atomic mass is 10.0. The first-order valence-electron chi connectivity index (χ1n) is 9.12. The predicted molar refractivity (Wildman–Crippen MR) is 106 cm³/mol. The van der Waals surface area contributed by atoms with Crippen LogP contribution < -0.4 is 10.6 Å². The molecule has 1 aromatic heterocycles. The molecule has 0 aliphatic carbocycles. The van der Waals surface area contributed by atoms with Gasteiger partial charge in [0.15, 0.2) is 5.96 Å². The maximum Gasteiger partial charge on any atom is 0.190 e. The van der Waals surface area contributed by atoms with Gasteiger partial charge in [-0.25, -0.2) is 0 Å². The second kappa shape index (κ2) is 10.5. The van der Waals surface area contributed by atoms with Crippen molar-refractivity contribution in [2.24, 2.45) is 4.99 Å². The molecule has 0 amide bonds. The van der Waals surface area contributed by atoms with Crippen molar-refractivity contribution >= 4 is 5.96 Å². The third kappa shape index (κ3) is 6.96. The molecule has 2 rings (SSSR count). The van der Waals surface area contributed by atoms with Gasteiger partial charge >= 0.3 is 0 Å². The van der Waals surface area contributed by atoms with E-state index in [1.54, 1.807) is 7.05 Å². The zero-order chi connectivity index (χ0) is 17.9. The molecular formula is C21H30N4. The summed E-state index contributed by atoms with van der Waals surface area (Å²) < 4.78 is 0. The Labute approximate surface area is 151 Å². The Hall–Kier alpha value is -2.36. The third-order valence-electron chi connectivity index (χ3n) is 4.20. The lowest BCUT2D eigenvalue weighted by Gasteiger charge is -2.12. The van der Waals surface area contributed by atoms with Crippen LogP contribution >= 0.6 is 0 Å². The number of rotatable bonds is 8. The second-order valence-corrected chi connectivity index (χ2v) is 6.50. The number of aliphatic imine (C=N–C) groups is 1. The predicted octanol–water partition coefficient (Wildman–Crippen LogP) is 3.55. The molecule has 4 nitrogen and oxygen atoms in total. The van der Waals surface area contributed by atoms with E-state index in [0.717, 1.165) is 44.0 Å². The average molecular weight is 338 g/mol. The van der Waals surface area contributed by atoms with Gasteiger partial charge in [-0.3, -0.25) is 9.98 Å². The Morgan fingerprint density at radius 2 is 1.76 bits per heavy atom. The first kappa shape index (κ1) is 19.0. The number of nitrogens with zero attached hydrogens (tertiary/aromatic N) is 2. The molecule has 0 unspecified atom stereocenters. The van der Waals surface area contributed by atoms with Crippen LogP contribution in [0.4, 0.5) is 0 Å². The van der Waals surface area contributed by atoms with Gasteiger partial charge in [-0.1, -0.05) is 44.2 Å². The maximum atomic E-state index is 4.33. The number of hydrogen-bond acceptors (Lipinski definition) is 2. The number of aryl methyl sites for hydroxylation is 1. The molecular weight excluding hydrogens is 308 g/mol. The van der Waals surface area contributed by atoms with Crippen molar-refractivity contribution in [3.8, 4) is 0 Å². The summed E-state index contributed by atoms with van der Waals surface area (Å²) in [4.78, 5) is 8.60. The van der Waals surface area contributed by atoms with Gasteiger partial charge in [-0.2, -0.15) is 0 Å². The molecule has 0 aliphatic heterocycles. The van der Waals surface area contributed by atoms with Crippen LogP contribution in [-0.4, -0.2) is 31.1 Å². The molecule has 4 heteroatoms. The molecule has 0 radical (unpaired) electrons. The van der Waals surface area contributed by atoms with Gasteiger partial charge in [0.05, 0.1) is 0 Å². The van der Waals surface area contributed by atoms with Gasteiger partial charge in [0.25, 0.3) is 0 Å². The fourth-order valence-electron chi connectivity index (χ4n) is 2.64. The fraction of sp³-hybridized carbons (Fsp3) is 0.429. The SMILES string of the molecule is CN=C(NCCCc1ccc(C(C)C)cc1)NCCc1ccccn1. The van der Waals surface area contributed by atoms with Crippen molar-refractivity contribution in [3.05, 3.63) is 65.5 Å². The van der Waals surface area contributed by atoms with Crippen molar-refractivity contribution in [1.82, 2.24) is 15.6 Å². The summed E-state index contributed by atoms with van der Waals surface area (Å²) in [7, 11) is 1.81. The van der Waals surface area contributed by atoms with E-state index in [4.69, 9.17) is 0 Å². The molecule has 0 fully saturated rings. The van der Waals surface area contributed by atoms with Crippen LogP contribution in [0.15, 0.2) is 53.7 Å². The zero-order valence-electron chi connectivity index (χ0n) is 15.6. The Balaban J connectivity index is 1.63. The van der Waals surface area contributed by atoms with Crippen molar-refractivity contribution < 1.29 is 0 Å². The average Bonchev–Trinajstić information content (AvgIpc) is 2.65. The van der Waals surface area contributed by atoms with Gasteiger partial charge in [-0.15, -0.1) is 0 Å². The molecule has 1 heterocycles. The van der Waals surface area contributed by atoms with Crippen molar-refractivity contribution in [2.45, 2.75) is 39.0 Å². The lowest BCUT2D eigenvalue weighted by molar-refractivity contribution is 0.735. The minimum absolute atomic E-state index is 0.594. The highest BCUT2D eigenvalue weighted by atomic mass is 15.2. The summed E-state index contributed by atoms with van der Waals surface area (Å²) in [6, 6.07) is 15.0. The topological polar surface area (TPSA) is 49.3 Å². The third-order valence-corrected chi connectivity index (χ3v) is 4.20. The molecule has 0 saturated heterocycles. The zero-order valence-corrected chi connectivity index (χ0v) is 15.6. The van der Waals surface area contributed by atoms with E-state index < -0.39 is 0 Å². The van der Waals surface area contributed by atoms with Crippen molar-refractivity contribution in [2.75, 3.05) is 20.1 Å². The molecule has 0 saturated carbocycles. The van der Waals surface area contributed by atoms with Gasteiger partial charge in [0.2, 0.25) is 0 Å². The summed E-state index contributed by atoms with van der Waals surface area (Å²) in [6.45, 7) is 6.19. The Kier molecular flexibility index (Phi) is 7.96. The van der Waals surface area contributed by atoms with Gasteiger partial charge in [0, 0.05) is 38.4 Å². The molecule has 0 aliphatic rings. The number of pyridine rings is 1. The minimum Gasteiger partial charge on any atom is -0.356 e. The Bertz CT molecular complexity index is 633. The summed E-state index contributed by atoms with van der Waals surface area (Å²) in [5.74, 6) is 1.45. The highest BCUT2D eigenvalue weighted by Gasteiger charge is 2.01. The maximum absolute atomic E-state index is 4.33. The van der Waals surface area contributed by atoms with Crippen LogP contribution in [0.1, 0.15) is 43.0 Å². The molecule has 2 N–H and O–H groups in total. The highest BCUT2D eigenvalue weighted by Crippen LogP contribution is 2.15. The van der Waals surface area contributed by atoms with Crippen molar-refractivity contribution in [1.29, 1.82) is 0 Å². The van der Waals surface area contributed by atoms with E-state index >= 15 is 0 Å². The van der Waals surface area contributed by atoms with Crippen LogP contribution in [0.2, 0.25) is 0 Å². The van der Waals surface area contributed by atoms with E-state index in [9.17, 15) is 0 Å². The fourth-order valence-corrected chi connectivity index (χ4v) is 2.64. The van der Waals surface area contributed by atoms with Gasteiger partial charge in [-0.05, 0) is 42.0 Å². The summed E-state index contributed by atoms with van der Waals surface area (Å²) in [5, 5.41) is 6.71. The van der Waals surface area contributed by atoms with Gasteiger partial charge < -0.3 is 10.6 Å². The standard InChI is InChI=1S/C21H30N4/c1-17(2)19-11-9-18(10-12-19)7-6-15-24-21(22-3)25-16-13-20-8-4-5-14-23-20/h4-5,8-12,14,17H,6-7,13,15-16H2,1-3H3,(H2,22,24,25). The van der Waals surface area contributed by atoms with E-state index in [-0.39, 0.29) is 0 Å². The number of benzene rings is 1. The molecule has 1 aromatic carbocycles. The molecule has 0 spiro atoms. The quantitative estimate of drug-likeness (QED) is 0.440. The number of hydrogen-bond donors (Lipinski definition) is 2. The second-order valence-electron chi connectivity index (χ2n) is 6.50. The first-order valence-corrected chi connectivity index (χ1v) is 9.12. The Morgan fingerprint density at radius 3 is 2.40 bits per heavy atom.